The lowest BCUT2D eigenvalue weighted by atomic mass is 10.2. The first-order valence-electron chi connectivity index (χ1n) is 5.09. The van der Waals surface area contributed by atoms with Crippen LogP contribution >= 0.6 is 0 Å². The van der Waals surface area contributed by atoms with Gasteiger partial charge in [0.2, 0.25) is 0 Å². The summed E-state index contributed by atoms with van der Waals surface area (Å²) in [5, 5.41) is 2.21. The summed E-state index contributed by atoms with van der Waals surface area (Å²) in [4.78, 5) is 11.7. The zero-order valence-corrected chi connectivity index (χ0v) is 9.08. The highest BCUT2D eigenvalue weighted by molar-refractivity contribution is 6.04. The van der Waals surface area contributed by atoms with Gasteiger partial charge in [-0.2, -0.15) is 0 Å². The Labute approximate surface area is 101 Å². The number of hydrogen-bond acceptors (Lipinski definition) is 1. The van der Waals surface area contributed by atoms with Gasteiger partial charge in [0.15, 0.2) is 11.6 Å². The number of rotatable bonds is 2. The Morgan fingerprint density at radius 1 is 0.944 bits per heavy atom. The zero-order valence-electron chi connectivity index (χ0n) is 9.08. The number of amides is 1. The maximum atomic E-state index is 13.3. The standard InChI is InChI=1S/C13H8F3NO/c14-9-6-4-8(5-7-9)13(18)17-11-3-1-2-10(15)12(11)16/h1-7H,(H,17,18). The van der Waals surface area contributed by atoms with Gasteiger partial charge in [0.1, 0.15) is 5.82 Å². The van der Waals surface area contributed by atoms with Crippen molar-refractivity contribution in [2.45, 2.75) is 0 Å². The Balaban J connectivity index is 2.21. The van der Waals surface area contributed by atoms with Gasteiger partial charge in [-0.1, -0.05) is 6.07 Å². The van der Waals surface area contributed by atoms with Gasteiger partial charge in [-0.15, -0.1) is 0 Å². The van der Waals surface area contributed by atoms with E-state index in [1.807, 2.05) is 0 Å². The third-order valence-corrected chi connectivity index (χ3v) is 2.31. The highest BCUT2D eigenvalue weighted by Gasteiger charge is 2.11. The molecule has 1 amide bonds. The molecule has 2 rings (SSSR count). The SMILES string of the molecule is O=C(Nc1cccc(F)c1F)c1ccc(F)cc1. The third kappa shape index (κ3) is 2.51. The van der Waals surface area contributed by atoms with E-state index in [1.165, 1.54) is 24.3 Å². The van der Waals surface area contributed by atoms with Crippen LogP contribution in [0, 0.1) is 17.5 Å². The lowest BCUT2D eigenvalue weighted by Gasteiger charge is -2.06. The predicted molar refractivity (Wildman–Crippen MR) is 60.7 cm³/mol. The molecule has 0 radical (unpaired) electrons. The molecule has 1 N–H and O–H groups in total. The summed E-state index contributed by atoms with van der Waals surface area (Å²) in [7, 11) is 0. The summed E-state index contributed by atoms with van der Waals surface area (Å²) < 4.78 is 38.9. The number of halogens is 3. The van der Waals surface area contributed by atoms with Crippen LogP contribution in [0.4, 0.5) is 18.9 Å². The van der Waals surface area contributed by atoms with Crippen molar-refractivity contribution in [2.24, 2.45) is 0 Å². The molecule has 0 aliphatic carbocycles. The number of carbonyl (C=O) groups is 1. The average Bonchev–Trinajstić information content (AvgIpc) is 2.36. The molecule has 18 heavy (non-hydrogen) atoms. The molecule has 0 aliphatic rings. The van der Waals surface area contributed by atoms with Gasteiger partial charge < -0.3 is 5.32 Å². The normalized spacial score (nSPS) is 10.2. The van der Waals surface area contributed by atoms with Crippen LogP contribution in [0.25, 0.3) is 0 Å². The molecular weight excluding hydrogens is 243 g/mol. The van der Waals surface area contributed by atoms with E-state index in [9.17, 15) is 18.0 Å². The van der Waals surface area contributed by atoms with Crippen molar-refractivity contribution in [3.63, 3.8) is 0 Å². The summed E-state index contributed by atoms with van der Waals surface area (Å²) >= 11 is 0. The molecule has 0 aliphatic heterocycles. The van der Waals surface area contributed by atoms with Crippen LogP contribution in [-0.4, -0.2) is 5.91 Å². The van der Waals surface area contributed by atoms with Gasteiger partial charge in [0.05, 0.1) is 5.69 Å². The molecule has 2 nitrogen and oxygen atoms in total. The fourth-order valence-electron chi connectivity index (χ4n) is 1.40. The summed E-state index contributed by atoms with van der Waals surface area (Å²) in [5.41, 5.74) is -0.107. The molecule has 0 spiro atoms. The number of hydrogen-bond donors (Lipinski definition) is 1. The van der Waals surface area contributed by atoms with E-state index < -0.39 is 23.4 Å². The fourth-order valence-corrected chi connectivity index (χ4v) is 1.40. The zero-order chi connectivity index (χ0) is 13.1. The van der Waals surface area contributed by atoms with Gasteiger partial charge in [-0.05, 0) is 36.4 Å². The first kappa shape index (κ1) is 12.2. The molecule has 0 bridgehead atoms. The Hall–Kier alpha value is -2.30. The predicted octanol–water partition coefficient (Wildman–Crippen LogP) is 3.36. The minimum absolute atomic E-state index is 0.153. The van der Waals surface area contributed by atoms with Crippen LogP contribution < -0.4 is 5.32 Å². The molecule has 2 aromatic rings. The largest absolute Gasteiger partial charge is 0.319 e. The quantitative estimate of drug-likeness (QED) is 0.871. The summed E-state index contributed by atoms with van der Waals surface area (Å²) in [6, 6.07) is 8.18. The van der Waals surface area contributed by atoms with Crippen molar-refractivity contribution in [1.82, 2.24) is 0 Å². The Bertz CT molecular complexity index is 581. The molecule has 0 saturated heterocycles. The van der Waals surface area contributed by atoms with Crippen molar-refractivity contribution in [1.29, 1.82) is 0 Å². The minimum Gasteiger partial charge on any atom is -0.319 e. The summed E-state index contributed by atoms with van der Waals surface area (Å²) in [6.45, 7) is 0. The lowest BCUT2D eigenvalue weighted by Crippen LogP contribution is -2.13. The molecule has 0 atom stereocenters. The first-order chi connectivity index (χ1) is 8.58. The van der Waals surface area contributed by atoms with E-state index in [2.05, 4.69) is 5.32 Å². The summed E-state index contributed by atoms with van der Waals surface area (Å²) in [5.74, 6) is -3.30. The van der Waals surface area contributed by atoms with Gasteiger partial charge in [-0.25, -0.2) is 13.2 Å². The van der Waals surface area contributed by atoms with E-state index in [-0.39, 0.29) is 11.3 Å². The van der Waals surface area contributed by atoms with E-state index in [4.69, 9.17) is 0 Å². The maximum Gasteiger partial charge on any atom is 0.255 e. The monoisotopic (exact) mass is 251 g/mol. The molecule has 2 aromatic carbocycles. The Morgan fingerprint density at radius 2 is 1.61 bits per heavy atom. The van der Waals surface area contributed by atoms with Crippen LogP contribution in [0.15, 0.2) is 42.5 Å². The van der Waals surface area contributed by atoms with E-state index >= 15 is 0 Å². The molecule has 0 fully saturated rings. The van der Waals surface area contributed by atoms with Crippen molar-refractivity contribution in [2.75, 3.05) is 5.32 Å². The van der Waals surface area contributed by atoms with Crippen molar-refractivity contribution >= 4 is 11.6 Å². The summed E-state index contributed by atoms with van der Waals surface area (Å²) in [6.07, 6.45) is 0. The number of nitrogens with one attached hydrogen (secondary N) is 1. The number of anilines is 1. The molecule has 5 heteroatoms. The van der Waals surface area contributed by atoms with Crippen LogP contribution in [-0.2, 0) is 0 Å². The van der Waals surface area contributed by atoms with Crippen LogP contribution in [0.2, 0.25) is 0 Å². The van der Waals surface area contributed by atoms with Crippen molar-refractivity contribution < 1.29 is 18.0 Å². The molecular formula is C13H8F3NO. The second kappa shape index (κ2) is 4.91. The van der Waals surface area contributed by atoms with Crippen molar-refractivity contribution in [3.05, 3.63) is 65.5 Å². The van der Waals surface area contributed by atoms with Gasteiger partial charge in [0, 0.05) is 5.56 Å². The molecule has 0 saturated carbocycles. The van der Waals surface area contributed by atoms with Crippen LogP contribution in [0.3, 0.4) is 0 Å². The second-order valence-corrected chi connectivity index (χ2v) is 3.56. The molecule has 0 unspecified atom stereocenters. The number of carbonyl (C=O) groups excluding carboxylic acids is 1. The highest BCUT2D eigenvalue weighted by Crippen LogP contribution is 2.17. The van der Waals surface area contributed by atoms with Crippen molar-refractivity contribution in [3.8, 4) is 0 Å². The van der Waals surface area contributed by atoms with Gasteiger partial charge in [-0.3, -0.25) is 4.79 Å². The van der Waals surface area contributed by atoms with Crippen LogP contribution in [0.1, 0.15) is 10.4 Å². The molecule has 0 aromatic heterocycles. The van der Waals surface area contributed by atoms with Gasteiger partial charge in [0.25, 0.3) is 5.91 Å². The Kier molecular flexibility index (Phi) is 3.32. The lowest BCUT2D eigenvalue weighted by molar-refractivity contribution is 0.102. The maximum absolute atomic E-state index is 13.3. The fraction of sp³-hybridized carbons (Fsp3) is 0. The van der Waals surface area contributed by atoms with E-state index in [0.717, 1.165) is 18.2 Å². The van der Waals surface area contributed by atoms with Gasteiger partial charge >= 0.3 is 0 Å². The average molecular weight is 251 g/mol. The smallest absolute Gasteiger partial charge is 0.255 e. The third-order valence-electron chi connectivity index (χ3n) is 2.31. The Morgan fingerprint density at radius 3 is 2.28 bits per heavy atom. The topological polar surface area (TPSA) is 29.1 Å². The number of benzene rings is 2. The molecule has 0 heterocycles. The highest BCUT2D eigenvalue weighted by atomic mass is 19.2. The first-order valence-corrected chi connectivity index (χ1v) is 5.09. The molecule has 92 valence electrons. The minimum atomic E-state index is -1.13. The van der Waals surface area contributed by atoms with E-state index in [1.54, 1.807) is 0 Å². The second-order valence-electron chi connectivity index (χ2n) is 3.56. The van der Waals surface area contributed by atoms with E-state index in [0.29, 0.717) is 0 Å². The van der Waals surface area contributed by atoms with Crippen LogP contribution in [0.5, 0.6) is 0 Å².